The summed E-state index contributed by atoms with van der Waals surface area (Å²) in [5.41, 5.74) is 0. The van der Waals surface area contributed by atoms with Crippen LogP contribution >= 0.6 is 0 Å². The van der Waals surface area contributed by atoms with Crippen LogP contribution in [0.1, 0.15) is 25.7 Å². The molecular weight excluding hydrogens is 204 g/mol. The first-order chi connectivity index (χ1) is 6.98. The zero-order valence-corrected chi connectivity index (χ0v) is 8.46. The van der Waals surface area contributed by atoms with Crippen molar-refractivity contribution in [2.45, 2.75) is 37.7 Å². The average Bonchev–Trinajstić information content (AvgIpc) is 2.13. The van der Waals surface area contributed by atoms with E-state index in [4.69, 9.17) is 0 Å². The summed E-state index contributed by atoms with van der Waals surface area (Å²) in [6.45, 7) is 0.902. The van der Waals surface area contributed by atoms with Crippen molar-refractivity contribution in [2.75, 3.05) is 13.1 Å². The summed E-state index contributed by atoms with van der Waals surface area (Å²) in [4.78, 5) is 13.2. The average molecular weight is 219 g/mol. The predicted octanol–water partition coefficient (Wildman–Crippen LogP) is 1.02. The van der Waals surface area contributed by atoms with Crippen molar-refractivity contribution in [3.05, 3.63) is 0 Å². The molecule has 1 saturated carbocycles. The first kappa shape index (κ1) is 10.8. The fourth-order valence-electron chi connectivity index (χ4n) is 2.25. The number of piperidine rings is 1. The van der Waals surface area contributed by atoms with Crippen LogP contribution in [0, 0.1) is 5.92 Å². The number of carbonyl (C=O) groups excluding carboxylic acids is 1. The van der Waals surface area contributed by atoms with Crippen molar-refractivity contribution >= 4 is 5.91 Å². The molecule has 1 atom stereocenters. The van der Waals surface area contributed by atoms with E-state index in [0.29, 0.717) is 19.5 Å². The Hall–Kier alpha value is -0.710. The van der Waals surface area contributed by atoms with Gasteiger partial charge in [0, 0.05) is 31.8 Å². The van der Waals surface area contributed by atoms with Crippen LogP contribution in [0.15, 0.2) is 0 Å². The second-order valence-corrected chi connectivity index (χ2v) is 4.54. The Bertz CT molecular complexity index is 262. The number of hydrogen-bond acceptors (Lipinski definition) is 2. The molecule has 3 nitrogen and oxygen atoms in total. The summed E-state index contributed by atoms with van der Waals surface area (Å²) >= 11 is 0. The second-order valence-electron chi connectivity index (χ2n) is 4.54. The Morgan fingerprint density at radius 1 is 1.40 bits per heavy atom. The third-order valence-corrected chi connectivity index (χ3v) is 3.15. The van der Waals surface area contributed by atoms with E-state index >= 15 is 0 Å². The van der Waals surface area contributed by atoms with E-state index in [9.17, 15) is 18.7 Å². The third kappa shape index (κ3) is 2.27. The zero-order chi connectivity index (χ0) is 11.1. The topological polar surface area (TPSA) is 40.5 Å². The Balaban J connectivity index is 1.86. The lowest BCUT2D eigenvalue weighted by Crippen LogP contribution is -2.50. The van der Waals surface area contributed by atoms with Gasteiger partial charge >= 0.3 is 0 Å². The van der Waals surface area contributed by atoms with Crippen molar-refractivity contribution in [3.63, 3.8) is 0 Å². The van der Waals surface area contributed by atoms with Crippen molar-refractivity contribution in [1.29, 1.82) is 0 Å². The fourth-order valence-corrected chi connectivity index (χ4v) is 2.25. The van der Waals surface area contributed by atoms with E-state index in [1.807, 2.05) is 0 Å². The van der Waals surface area contributed by atoms with Gasteiger partial charge in [0.05, 0.1) is 6.10 Å². The van der Waals surface area contributed by atoms with Crippen LogP contribution in [0.4, 0.5) is 8.78 Å². The number of amides is 1. The van der Waals surface area contributed by atoms with Crippen molar-refractivity contribution in [1.82, 2.24) is 4.90 Å². The highest BCUT2D eigenvalue weighted by Crippen LogP contribution is 2.43. The molecule has 86 valence electrons. The van der Waals surface area contributed by atoms with E-state index in [0.717, 1.165) is 6.42 Å². The van der Waals surface area contributed by atoms with Crippen LogP contribution in [-0.4, -0.2) is 41.0 Å². The smallest absolute Gasteiger partial charge is 0.249 e. The van der Waals surface area contributed by atoms with Crippen LogP contribution < -0.4 is 0 Å². The van der Waals surface area contributed by atoms with Gasteiger partial charge in [0.2, 0.25) is 11.8 Å². The summed E-state index contributed by atoms with van der Waals surface area (Å²) in [6, 6.07) is 0. The first-order valence-electron chi connectivity index (χ1n) is 5.33. The normalized spacial score (nSPS) is 31.1. The lowest BCUT2D eigenvalue weighted by atomic mass is 9.80. The Morgan fingerprint density at radius 2 is 2.07 bits per heavy atom. The third-order valence-electron chi connectivity index (χ3n) is 3.15. The number of rotatable bonds is 1. The SMILES string of the molecule is O=C(C1CC(F)(F)C1)N1CCCC(O)C1. The first-order valence-corrected chi connectivity index (χ1v) is 5.33. The van der Waals surface area contributed by atoms with Gasteiger partial charge in [-0.1, -0.05) is 0 Å². The van der Waals surface area contributed by atoms with E-state index in [1.54, 1.807) is 0 Å². The van der Waals surface area contributed by atoms with Gasteiger partial charge in [-0.2, -0.15) is 0 Å². The van der Waals surface area contributed by atoms with Crippen LogP contribution in [0.5, 0.6) is 0 Å². The molecule has 1 heterocycles. The molecule has 1 aliphatic carbocycles. The van der Waals surface area contributed by atoms with Crippen molar-refractivity contribution in [2.24, 2.45) is 5.92 Å². The molecule has 0 aromatic rings. The van der Waals surface area contributed by atoms with Gasteiger partial charge in [-0.05, 0) is 12.8 Å². The van der Waals surface area contributed by atoms with Gasteiger partial charge < -0.3 is 10.0 Å². The monoisotopic (exact) mass is 219 g/mol. The molecule has 15 heavy (non-hydrogen) atoms. The fraction of sp³-hybridized carbons (Fsp3) is 0.900. The van der Waals surface area contributed by atoms with Gasteiger partial charge in [0.25, 0.3) is 0 Å². The van der Waals surface area contributed by atoms with Gasteiger partial charge in [-0.25, -0.2) is 8.78 Å². The highest BCUT2D eigenvalue weighted by atomic mass is 19.3. The molecule has 1 aliphatic heterocycles. The quantitative estimate of drug-likeness (QED) is 0.715. The Morgan fingerprint density at radius 3 is 2.60 bits per heavy atom. The minimum Gasteiger partial charge on any atom is -0.391 e. The number of hydrogen-bond donors (Lipinski definition) is 1. The molecule has 5 heteroatoms. The minimum atomic E-state index is -2.64. The van der Waals surface area contributed by atoms with Crippen molar-refractivity contribution in [3.8, 4) is 0 Å². The summed E-state index contributed by atoms with van der Waals surface area (Å²) in [7, 11) is 0. The van der Waals surface area contributed by atoms with E-state index in [2.05, 4.69) is 0 Å². The molecule has 0 radical (unpaired) electrons. The predicted molar refractivity (Wildman–Crippen MR) is 49.5 cm³/mol. The van der Waals surface area contributed by atoms with Crippen LogP contribution in [0.25, 0.3) is 0 Å². The van der Waals surface area contributed by atoms with Crippen LogP contribution in [0.2, 0.25) is 0 Å². The summed E-state index contributed by atoms with van der Waals surface area (Å²) in [5, 5.41) is 9.36. The van der Waals surface area contributed by atoms with E-state index in [1.165, 1.54) is 4.90 Å². The van der Waals surface area contributed by atoms with Gasteiger partial charge in [0.1, 0.15) is 0 Å². The second kappa shape index (κ2) is 3.70. The van der Waals surface area contributed by atoms with Gasteiger partial charge in [-0.3, -0.25) is 4.79 Å². The lowest BCUT2D eigenvalue weighted by Gasteiger charge is -2.39. The number of carbonyl (C=O) groups is 1. The van der Waals surface area contributed by atoms with Gasteiger partial charge in [-0.15, -0.1) is 0 Å². The number of aliphatic hydroxyl groups excluding tert-OH is 1. The molecule has 1 amide bonds. The molecule has 0 bridgehead atoms. The van der Waals surface area contributed by atoms with Crippen LogP contribution in [-0.2, 0) is 4.79 Å². The molecule has 0 aromatic carbocycles. The molecule has 0 aromatic heterocycles. The van der Waals surface area contributed by atoms with Crippen LogP contribution in [0.3, 0.4) is 0 Å². The highest BCUT2D eigenvalue weighted by molar-refractivity contribution is 5.80. The molecule has 0 spiro atoms. The maximum Gasteiger partial charge on any atom is 0.249 e. The standard InChI is InChI=1S/C10H15F2NO2/c11-10(12)4-7(5-10)9(15)13-3-1-2-8(14)6-13/h7-8,14H,1-6H2. The highest BCUT2D eigenvalue weighted by Gasteiger charge is 2.49. The van der Waals surface area contributed by atoms with Crippen molar-refractivity contribution < 1.29 is 18.7 Å². The lowest BCUT2D eigenvalue weighted by molar-refractivity contribution is -0.162. The van der Waals surface area contributed by atoms with E-state index < -0.39 is 17.9 Å². The number of β-amino-alcohol motifs (C(OH)–C–C–N with tert-alkyl or cyclic N) is 1. The number of halogens is 2. The molecule has 2 rings (SSSR count). The molecule has 1 N–H and O–H groups in total. The molecular formula is C10H15F2NO2. The number of aliphatic hydroxyl groups is 1. The maximum absolute atomic E-state index is 12.6. The van der Waals surface area contributed by atoms with E-state index in [-0.39, 0.29) is 18.7 Å². The Labute approximate surface area is 87.1 Å². The number of nitrogens with zero attached hydrogens (tertiary/aromatic N) is 1. The minimum absolute atomic E-state index is 0.209. The largest absolute Gasteiger partial charge is 0.391 e. The summed E-state index contributed by atoms with van der Waals surface area (Å²) in [5.74, 6) is -3.38. The molecule has 2 fully saturated rings. The number of likely N-dealkylation sites (tertiary alicyclic amines) is 1. The zero-order valence-electron chi connectivity index (χ0n) is 8.46. The van der Waals surface area contributed by atoms with Gasteiger partial charge in [0.15, 0.2) is 0 Å². The Kier molecular flexibility index (Phi) is 2.66. The molecule has 1 unspecified atom stereocenters. The molecule has 1 saturated heterocycles. The number of alkyl halides is 2. The summed E-state index contributed by atoms with van der Waals surface area (Å²) in [6.07, 6.45) is 0.334. The maximum atomic E-state index is 12.6. The summed E-state index contributed by atoms with van der Waals surface area (Å²) < 4.78 is 25.1. The molecule has 2 aliphatic rings.